The predicted octanol–water partition coefficient (Wildman–Crippen LogP) is 4.15. The van der Waals surface area contributed by atoms with Gasteiger partial charge in [-0.25, -0.2) is 0 Å². The molecule has 0 fully saturated rings. The van der Waals surface area contributed by atoms with Gasteiger partial charge in [-0.2, -0.15) is 0 Å². The van der Waals surface area contributed by atoms with Gasteiger partial charge in [0.25, 0.3) is 0 Å². The minimum atomic E-state index is -0.604. The van der Waals surface area contributed by atoms with Crippen LogP contribution in [0.25, 0.3) is 32.7 Å². The monoisotopic (exact) mass is 298 g/mol. The van der Waals surface area contributed by atoms with E-state index >= 15 is 0 Å². The fourth-order valence-electron chi connectivity index (χ4n) is 2.60. The number of nitrogens with zero attached hydrogens (tertiary/aromatic N) is 2. The van der Waals surface area contributed by atoms with Crippen molar-refractivity contribution < 1.29 is 18.7 Å². The van der Waals surface area contributed by atoms with E-state index < -0.39 is 9.85 Å². The Morgan fingerprint density at radius 3 is 1.45 bits per heavy atom. The molecule has 22 heavy (non-hydrogen) atoms. The first-order chi connectivity index (χ1) is 10.5. The number of nitro groups is 2. The van der Waals surface area contributed by atoms with Crippen LogP contribution >= 0.6 is 0 Å². The van der Waals surface area contributed by atoms with Crippen LogP contribution in [-0.2, 0) is 0 Å². The van der Waals surface area contributed by atoms with Gasteiger partial charge in [0, 0.05) is 10.8 Å². The van der Waals surface area contributed by atoms with E-state index in [1.165, 1.54) is 12.1 Å². The van der Waals surface area contributed by atoms with Crippen molar-refractivity contribution in [3.8, 4) is 0 Å². The van der Waals surface area contributed by atoms with Gasteiger partial charge in [0.2, 0.25) is 0 Å². The second-order valence-electron chi connectivity index (χ2n) is 4.73. The highest BCUT2D eigenvalue weighted by Gasteiger charge is 2.19. The van der Waals surface area contributed by atoms with Crippen molar-refractivity contribution in [1.29, 1.82) is 0 Å². The Kier molecular flexibility index (Phi) is 2.27. The minimum absolute atomic E-state index is 0.347. The lowest BCUT2D eigenvalue weighted by atomic mass is 10.0. The minimum Gasteiger partial charge on any atom is -0.401 e. The first kappa shape index (κ1) is 12.3. The molecule has 0 radical (unpaired) electrons. The van der Waals surface area contributed by atoms with Gasteiger partial charge in [0.05, 0.1) is 12.1 Å². The van der Waals surface area contributed by atoms with E-state index in [1.54, 1.807) is 24.3 Å². The van der Waals surface area contributed by atoms with Crippen LogP contribution in [-0.4, -0.2) is 9.85 Å². The molecule has 0 aliphatic rings. The van der Waals surface area contributed by atoms with Crippen LogP contribution in [0.1, 0.15) is 0 Å². The molecule has 2 heterocycles. The molecule has 0 saturated heterocycles. The highest BCUT2D eigenvalue weighted by Crippen LogP contribution is 2.36. The summed E-state index contributed by atoms with van der Waals surface area (Å²) >= 11 is 0. The molecule has 2 aromatic heterocycles. The van der Waals surface area contributed by atoms with Gasteiger partial charge < -0.3 is 8.83 Å². The van der Waals surface area contributed by atoms with Gasteiger partial charge in [-0.3, -0.25) is 20.2 Å². The lowest BCUT2D eigenvalue weighted by Gasteiger charge is -1.98. The van der Waals surface area contributed by atoms with Gasteiger partial charge in [-0.15, -0.1) is 0 Å². The topological polar surface area (TPSA) is 113 Å². The quantitative estimate of drug-likeness (QED) is 0.405. The van der Waals surface area contributed by atoms with E-state index in [1.807, 2.05) is 0 Å². The average molecular weight is 298 g/mol. The van der Waals surface area contributed by atoms with Crippen molar-refractivity contribution in [2.75, 3.05) is 0 Å². The normalized spacial score (nSPS) is 11.5. The fourth-order valence-corrected chi connectivity index (χ4v) is 2.60. The SMILES string of the molecule is O=[N+]([O-])c1cc2c(ccc3c4cc([N+](=O)[O-])oc4ccc23)o1. The summed E-state index contributed by atoms with van der Waals surface area (Å²) < 4.78 is 10.3. The molecule has 0 unspecified atom stereocenters. The zero-order valence-electron chi connectivity index (χ0n) is 10.8. The van der Waals surface area contributed by atoms with Crippen LogP contribution in [0.4, 0.5) is 11.8 Å². The number of benzene rings is 2. The van der Waals surface area contributed by atoms with Gasteiger partial charge in [0.15, 0.2) is 0 Å². The molecular weight excluding hydrogens is 292 g/mol. The average Bonchev–Trinajstić information content (AvgIpc) is 3.10. The molecule has 8 heteroatoms. The van der Waals surface area contributed by atoms with Crippen LogP contribution in [0.2, 0.25) is 0 Å². The molecule has 0 aliphatic heterocycles. The van der Waals surface area contributed by atoms with Crippen LogP contribution in [0.5, 0.6) is 0 Å². The molecule has 0 aliphatic carbocycles. The number of rotatable bonds is 2. The standard InChI is InChI=1S/C14H6N2O6/c17-15(18)13-5-9-7-1-3-11-10(6-14(21-11)16(19)20)8(7)2-4-12(9)22-13/h1-6H. The summed E-state index contributed by atoms with van der Waals surface area (Å²) in [5, 5.41) is 24.2. The maximum atomic E-state index is 10.8. The summed E-state index contributed by atoms with van der Waals surface area (Å²) in [6, 6.07) is 9.29. The Morgan fingerprint density at radius 2 is 1.09 bits per heavy atom. The zero-order chi connectivity index (χ0) is 15.4. The van der Waals surface area contributed by atoms with E-state index in [2.05, 4.69) is 0 Å². The first-order valence-corrected chi connectivity index (χ1v) is 6.22. The number of furan rings is 2. The third-order valence-electron chi connectivity index (χ3n) is 3.53. The fraction of sp³-hybridized carbons (Fsp3) is 0. The second-order valence-corrected chi connectivity index (χ2v) is 4.73. The maximum Gasteiger partial charge on any atom is 0.434 e. The Labute approximate surface area is 120 Å². The summed E-state index contributed by atoms with van der Waals surface area (Å²) in [6.07, 6.45) is 0. The molecule has 0 saturated carbocycles. The van der Waals surface area contributed by atoms with Crippen molar-refractivity contribution in [2.24, 2.45) is 0 Å². The Hall–Kier alpha value is -3.42. The molecular formula is C14H6N2O6. The van der Waals surface area contributed by atoms with Crippen LogP contribution < -0.4 is 0 Å². The van der Waals surface area contributed by atoms with Crippen molar-refractivity contribution in [3.05, 3.63) is 56.6 Å². The Bertz CT molecular complexity index is 1000. The molecule has 4 aromatic rings. The van der Waals surface area contributed by atoms with Gasteiger partial charge in [-0.05, 0) is 35.0 Å². The summed E-state index contributed by atoms with van der Waals surface area (Å²) in [7, 11) is 0. The van der Waals surface area contributed by atoms with Crippen LogP contribution in [0.15, 0.2) is 45.2 Å². The van der Waals surface area contributed by atoms with Gasteiger partial charge >= 0.3 is 11.8 Å². The van der Waals surface area contributed by atoms with E-state index in [0.717, 1.165) is 0 Å². The lowest BCUT2D eigenvalue weighted by Crippen LogP contribution is -1.82. The highest BCUT2D eigenvalue weighted by atomic mass is 16.7. The van der Waals surface area contributed by atoms with E-state index in [4.69, 9.17) is 8.83 Å². The first-order valence-electron chi connectivity index (χ1n) is 6.22. The van der Waals surface area contributed by atoms with Crippen LogP contribution in [0.3, 0.4) is 0 Å². The van der Waals surface area contributed by atoms with Crippen molar-refractivity contribution in [1.82, 2.24) is 0 Å². The number of hydrogen-bond acceptors (Lipinski definition) is 6. The second kappa shape index (κ2) is 4.04. The number of fused-ring (bicyclic) bond motifs is 5. The molecule has 4 rings (SSSR count). The predicted molar refractivity (Wildman–Crippen MR) is 76.8 cm³/mol. The molecule has 8 nitrogen and oxygen atoms in total. The summed E-state index contributed by atoms with van der Waals surface area (Å²) in [4.78, 5) is 20.4. The molecule has 0 N–H and O–H groups in total. The largest absolute Gasteiger partial charge is 0.434 e. The Balaban J connectivity index is 2.11. The molecule has 0 atom stereocenters. The molecule has 0 amide bonds. The number of hydrogen-bond donors (Lipinski definition) is 0. The summed E-state index contributed by atoms with van der Waals surface area (Å²) in [6.45, 7) is 0. The van der Waals surface area contributed by atoms with Crippen molar-refractivity contribution in [2.45, 2.75) is 0 Å². The van der Waals surface area contributed by atoms with Gasteiger partial charge in [-0.1, -0.05) is 0 Å². The highest BCUT2D eigenvalue weighted by molar-refractivity contribution is 6.16. The third kappa shape index (κ3) is 1.57. The van der Waals surface area contributed by atoms with Crippen molar-refractivity contribution >= 4 is 44.5 Å². The third-order valence-corrected chi connectivity index (χ3v) is 3.53. The van der Waals surface area contributed by atoms with Crippen molar-refractivity contribution in [3.63, 3.8) is 0 Å². The Morgan fingerprint density at radius 1 is 0.682 bits per heavy atom. The van der Waals surface area contributed by atoms with Gasteiger partial charge in [0.1, 0.15) is 21.0 Å². The maximum absolute atomic E-state index is 10.8. The zero-order valence-corrected chi connectivity index (χ0v) is 10.8. The van der Waals surface area contributed by atoms with E-state index in [0.29, 0.717) is 32.7 Å². The van der Waals surface area contributed by atoms with E-state index in [-0.39, 0.29) is 11.8 Å². The molecule has 108 valence electrons. The molecule has 2 aromatic carbocycles. The summed E-state index contributed by atoms with van der Waals surface area (Å²) in [5.74, 6) is -0.693. The van der Waals surface area contributed by atoms with Crippen LogP contribution in [0, 0.1) is 20.2 Å². The smallest absolute Gasteiger partial charge is 0.401 e. The molecule has 0 bridgehead atoms. The molecule has 0 spiro atoms. The lowest BCUT2D eigenvalue weighted by molar-refractivity contribution is -0.401. The summed E-state index contributed by atoms with van der Waals surface area (Å²) in [5.41, 5.74) is 0.771. The van der Waals surface area contributed by atoms with E-state index in [9.17, 15) is 20.2 Å².